The summed E-state index contributed by atoms with van der Waals surface area (Å²) in [6.07, 6.45) is 1.12. The van der Waals surface area contributed by atoms with Crippen LogP contribution in [-0.2, 0) is 9.84 Å². The van der Waals surface area contributed by atoms with Gasteiger partial charge >= 0.3 is 0 Å². The largest absolute Gasteiger partial charge is 0.346 e. The number of carbonyl (C=O) groups is 1. The van der Waals surface area contributed by atoms with Crippen molar-refractivity contribution in [2.45, 2.75) is 24.8 Å². The fraction of sp³-hybridized carbons (Fsp3) is 0.235. The first-order valence-electron chi connectivity index (χ1n) is 7.45. The molecule has 0 bridgehead atoms. The Morgan fingerprint density at radius 3 is 2.28 bits per heavy atom. The lowest BCUT2D eigenvalue weighted by molar-refractivity contribution is -0.385. The van der Waals surface area contributed by atoms with Crippen molar-refractivity contribution in [3.63, 3.8) is 0 Å². The van der Waals surface area contributed by atoms with E-state index in [4.69, 9.17) is 0 Å². The minimum Gasteiger partial charge on any atom is -0.346 e. The van der Waals surface area contributed by atoms with Crippen LogP contribution in [0.5, 0.6) is 0 Å². The minimum atomic E-state index is -3.28. The van der Waals surface area contributed by atoms with Gasteiger partial charge in [-0.25, -0.2) is 8.42 Å². The molecule has 0 aliphatic rings. The molecule has 1 unspecified atom stereocenters. The molecule has 2 rings (SSSR count). The molecule has 1 amide bonds. The first kappa shape index (κ1) is 18.6. The van der Waals surface area contributed by atoms with Gasteiger partial charge in [0, 0.05) is 23.4 Å². The molecule has 2 aromatic carbocycles. The molecule has 8 heteroatoms. The normalized spacial score (nSPS) is 12.4. The molecule has 0 heterocycles. The highest BCUT2D eigenvalue weighted by atomic mass is 32.2. The van der Waals surface area contributed by atoms with Crippen molar-refractivity contribution in [2.24, 2.45) is 0 Å². The lowest BCUT2D eigenvalue weighted by Gasteiger charge is -2.15. The van der Waals surface area contributed by atoms with Crippen LogP contribution < -0.4 is 5.32 Å². The average molecular weight is 362 g/mol. The van der Waals surface area contributed by atoms with Crippen LogP contribution in [0.25, 0.3) is 0 Å². The summed E-state index contributed by atoms with van der Waals surface area (Å²) < 4.78 is 22.9. The first-order chi connectivity index (χ1) is 11.6. The predicted octanol–water partition coefficient (Wildman–Crippen LogP) is 2.80. The van der Waals surface area contributed by atoms with Crippen LogP contribution in [0, 0.1) is 17.0 Å². The highest BCUT2D eigenvalue weighted by molar-refractivity contribution is 7.90. The number of hydrogen-bond donors (Lipinski definition) is 1. The molecular weight excluding hydrogens is 344 g/mol. The number of nitrogens with zero attached hydrogens (tertiary/aromatic N) is 1. The van der Waals surface area contributed by atoms with Gasteiger partial charge in [-0.1, -0.05) is 18.2 Å². The third-order valence-corrected chi connectivity index (χ3v) is 4.95. The zero-order chi connectivity index (χ0) is 18.8. The van der Waals surface area contributed by atoms with Crippen molar-refractivity contribution in [1.82, 2.24) is 5.32 Å². The third kappa shape index (κ3) is 4.42. The summed E-state index contributed by atoms with van der Waals surface area (Å²) in [5.41, 5.74) is 1.28. The lowest BCUT2D eigenvalue weighted by Crippen LogP contribution is -2.26. The van der Waals surface area contributed by atoms with Gasteiger partial charge in [0.15, 0.2) is 9.84 Å². The van der Waals surface area contributed by atoms with Crippen molar-refractivity contribution in [1.29, 1.82) is 0 Å². The SMILES string of the molecule is Cc1ccc(C(=O)NC(C)c2ccc(S(C)(=O)=O)cc2)cc1[N+](=O)[O-]. The van der Waals surface area contributed by atoms with Crippen LogP contribution in [0.3, 0.4) is 0 Å². The van der Waals surface area contributed by atoms with E-state index in [2.05, 4.69) is 5.32 Å². The fourth-order valence-corrected chi connectivity index (χ4v) is 2.94. The van der Waals surface area contributed by atoms with Gasteiger partial charge in [-0.3, -0.25) is 14.9 Å². The molecule has 1 N–H and O–H groups in total. The number of hydrogen-bond acceptors (Lipinski definition) is 5. The van der Waals surface area contributed by atoms with Crippen molar-refractivity contribution in [3.05, 3.63) is 69.3 Å². The maximum absolute atomic E-state index is 12.3. The van der Waals surface area contributed by atoms with E-state index in [0.717, 1.165) is 11.8 Å². The van der Waals surface area contributed by atoms with Gasteiger partial charge in [0.2, 0.25) is 0 Å². The van der Waals surface area contributed by atoms with Crippen molar-refractivity contribution in [3.8, 4) is 0 Å². The second kappa shape index (κ2) is 7.02. The standard InChI is InChI=1S/C17H18N2O5S/c1-11-4-5-14(10-16(11)19(21)22)17(20)18-12(2)13-6-8-15(9-7-13)25(3,23)24/h4-10,12H,1-3H3,(H,18,20). The number of nitro groups is 1. The highest BCUT2D eigenvalue weighted by Crippen LogP contribution is 2.21. The third-order valence-electron chi connectivity index (χ3n) is 3.82. The van der Waals surface area contributed by atoms with Gasteiger partial charge in [-0.15, -0.1) is 0 Å². The smallest absolute Gasteiger partial charge is 0.273 e. The summed E-state index contributed by atoms with van der Waals surface area (Å²) in [6.45, 7) is 3.35. The summed E-state index contributed by atoms with van der Waals surface area (Å²) in [6, 6.07) is 10.1. The Morgan fingerprint density at radius 1 is 1.16 bits per heavy atom. The van der Waals surface area contributed by atoms with E-state index in [9.17, 15) is 23.3 Å². The molecule has 1 atom stereocenters. The number of aryl methyl sites for hydroxylation is 1. The van der Waals surface area contributed by atoms with Crippen molar-refractivity contribution in [2.75, 3.05) is 6.26 Å². The molecule has 132 valence electrons. The molecule has 7 nitrogen and oxygen atoms in total. The molecule has 0 aromatic heterocycles. The summed E-state index contributed by atoms with van der Waals surface area (Å²) in [5.74, 6) is -0.442. The van der Waals surface area contributed by atoms with E-state index in [-0.39, 0.29) is 22.2 Å². The zero-order valence-corrected chi connectivity index (χ0v) is 14.8. The lowest BCUT2D eigenvalue weighted by atomic mass is 10.1. The van der Waals surface area contributed by atoms with Crippen LogP contribution in [0.15, 0.2) is 47.4 Å². The molecule has 0 saturated heterocycles. The molecule has 0 radical (unpaired) electrons. The van der Waals surface area contributed by atoms with E-state index in [1.54, 1.807) is 26.0 Å². The minimum absolute atomic E-state index is 0.113. The van der Waals surface area contributed by atoms with Gasteiger partial charge < -0.3 is 5.32 Å². The Kier molecular flexibility index (Phi) is 5.22. The van der Waals surface area contributed by atoms with Gasteiger partial charge in [0.05, 0.1) is 15.9 Å². The highest BCUT2D eigenvalue weighted by Gasteiger charge is 2.17. The van der Waals surface area contributed by atoms with Gasteiger partial charge in [0.25, 0.3) is 11.6 Å². The molecule has 0 fully saturated rings. The second-order valence-corrected chi connectivity index (χ2v) is 7.81. The first-order valence-corrected chi connectivity index (χ1v) is 9.34. The van der Waals surface area contributed by atoms with Gasteiger partial charge in [-0.2, -0.15) is 0 Å². The molecule has 0 saturated carbocycles. The monoisotopic (exact) mass is 362 g/mol. The Bertz CT molecular complexity index is 921. The number of carbonyl (C=O) groups excluding carboxylic acids is 1. The topological polar surface area (TPSA) is 106 Å². The second-order valence-electron chi connectivity index (χ2n) is 5.79. The van der Waals surface area contributed by atoms with Crippen molar-refractivity contribution >= 4 is 21.4 Å². The average Bonchev–Trinajstić information content (AvgIpc) is 2.54. The Hall–Kier alpha value is -2.74. The molecule has 2 aromatic rings. The summed E-state index contributed by atoms with van der Waals surface area (Å²) in [5, 5.41) is 13.7. The molecule has 25 heavy (non-hydrogen) atoms. The molecule has 0 spiro atoms. The Morgan fingerprint density at radius 2 is 1.76 bits per heavy atom. The number of nitro benzene ring substituents is 1. The molecule has 0 aliphatic carbocycles. The van der Waals surface area contributed by atoms with Crippen molar-refractivity contribution < 1.29 is 18.1 Å². The number of nitrogens with one attached hydrogen (secondary N) is 1. The van der Waals surface area contributed by atoms with Crippen LogP contribution >= 0.6 is 0 Å². The summed E-state index contributed by atoms with van der Waals surface area (Å²) in [4.78, 5) is 23.0. The summed E-state index contributed by atoms with van der Waals surface area (Å²) >= 11 is 0. The van der Waals surface area contributed by atoms with Crippen LogP contribution in [0.1, 0.15) is 34.5 Å². The van der Waals surface area contributed by atoms with Gasteiger partial charge in [-0.05, 0) is 37.6 Å². The number of amides is 1. The number of benzene rings is 2. The molecular formula is C17H18N2O5S. The predicted molar refractivity (Wildman–Crippen MR) is 93.3 cm³/mol. The number of sulfone groups is 1. The quantitative estimate of drug-likeness (QED) is 0.650. The maximum atomic E-state index is 12.3. The molecule has 0 aliphatic heterocycles. The van der Waals surface area contributed by atoms with E-state index < -0.39 is 20.7 Å². The number of rotatable bonds is 5. The van der Waals surface area contributed by atoms with E-state index in [1.165, 1.54) is 30.3 Å². The maximum Gasteiger partial charge on any atom is 0.273 e. The van der Waals surface area contributed by atoms with Crippen LogP contribution in [0.4, 0.5) is 5.69 Å². The Balaban J connectivity index is 2.17. The zero-order valence-electron chi connectivity index (χ0n) is 14.0. The Labute approximate surface area is 145 Å². The van der Waals surface area contributed by atoms with Gasteiger partial charge in [0.1, 0.15) is 0 Å². The fourth-order valence-electron chi connectivity index (χ4n) is 2.31. The van der Waals surface area contributed by atoms with Crippen LogP contribution in [0.2, 0.25) is 0 Å². The summed E-state index contributed by atoms with van der Waals surface area (Å²) in [7, 11) is -3.28. The van der Waals surface area contributed by atoms with E-state index in [0.29, 0.717) is 5.56 Å². The van der Waals surface area contributed by atoms with E-state index in [1.807, 2.05) is 0 Å². The van der Waals surface area contributed by atoms with Crippen LogP contribution in [-0.4, -0.2) is 25.5 Å². The van der Waals surface area contributed by atoms with E-state index >= 15 is 0 Å².